The maximum absolute atomic E-state index is 14.0. The summed E-state index contributed by atoms with van der Waals surface area (Å²) in [4.78, 5) is 13.3. The number of rotatable bonds is 8. The molecule has 3 heterocycles. The molecule has 1 aliphatic rings. The predicted octanol–water partition coefficient (Wildman–Crippen LogP) is 4.34. The number of aromatic amines is 1. The van der Waals surface area contributed by atoms with Crippen LogP contribution in [0.1, 0.15) is 18.2 Å². The number of ether oxygens (including phenoxy) is 1. The summed E-state index contributed by atoms with van der Waals surface area (Å²) in [5.41, 5.74) is 0.976. The Kier molecular flexibility index (Phi) is 6.96. The fourth-order valence-corrected chi connectivity index (χ4v) is 4.36. The Morgan fingerprint density at radius 2 is 1.82 bits per heavy atom. The van der Waals surface area contributed by atoms with Crippen LogP contribution in [0.4, 0.5) is 24.7 Å². The summed E-state index contributed by atoms with van der Waals surface area (Å²) in [6.07, 6.45) is 2.33. The number of benzene rings is 1. The zero-order chi connectivity index (χ0) is 23.6. The third kappa shape index (κ3) is 4.73. The van der Waals surface area contributed by atoms with Crippen LogP contribution in [0.2, 0.25) is 0 Å². The Morgan fingerprint density at radius 3 is 2.48 bits per heavy atom. The van der Waals surface area contributed by atoms with Crippen molar-refractivity contribution in [3.63, 3.8) is 0 Å². The van der Waals surface area contributed by atoms with Gasteiger partial charge in [0.1, 0.15) is 37.9 Å². The van der Waals surface area contributed by atoms with Crippen LogP contribution in [0.25, 0.3) is 11.0 Å². The smallest absolute Gasteiger partial charge is 0.200 e. The molecule has 1 N–H and O–H groups in total. The molecule has 1 aliphatic heterocycles. The van der Waals surface area contributed by atoms with Crippen LogP contribution in [0.15, 0.2) is 22.9 Å². The zero-order valence-corrected chi connectivity index (χ0v) is 20.1. The number of halogens is 4. The Balaban J connectivity index is 1.51. The molecule has 0 spiro atoms. The zero-order valence-electron chi connectivity index (χ0n) is 18.5. The number of fused-ring (bicyclic) bond motifs is 1. The second-order valence-corrected chi connectivity index (χ2v) is 9.03. The minimum atomic E-state index is -2.63. The molecule has 178 valence electrons. The molecule has 11 heteroatoms. The number of anilines is 2. The van der Waals surface area contributed by atoms with Crippen molar-refractivity contribution >= 4 is 38.5 Å². The lowest BCUT2D eigenvalue weighted by Crippen LogP contribution is -2.47. The second kappa shape index (κ2) is 9.74. The van der Waals surface area contributed by atoms with Gasteiger partial charge in [-0.2, -0.15) is 5.10 Å². The maximum atomic E-state index is 14.0. The van der Waals surface area contributed by atoms with Gasteiger partial charge in [-0.05, 0) is 25.0 Å². The van der Waals surface area contributed by atoms with E-state index in [1.807, 2.05) is 13.8 Å². The van der Waals surface area contributed by atoms with Crippen molar-refractivity contribution in [3.8, 4) is 5.75 Å². The summed E-state index contributed by atoms with van der Waals surface area (Å²) in [5.74, 6) is 1.23. The molecule has 1 aromatic carbocycles. The summed E-state index contributed by atoms with van der Waals surface area (Å²) in [6.45, 7) is 3.40. The number of aromatic nitrogens is 4. The Bertz CT molecular complexity index is 1110. The minimum absolute atomic E-state index is 0.359. The van der Waals surface area contributed by atoms with E-state index < -0.39 is 25.6 Å². The molecule has 7 nitrogen and oxygen atoms in total. The molecule has 0 amide bonds. The van der Waals surface area contributed by atoms with Gasteiger partial charge in [0.25, 0.3) is 0 Å². The Hall–Kier alpha value is -2.56. The maximum Gasteiger partial charge on any atom is 0.200 e. The Labute approximate surface area is 198 Å². The summed E-state index contributed by atoms with van der Waals surface area (Å²) < 4.78 is 45.9. The molecule has 1 fully saturated rings. The van der Waals surface area contributed by atoms with Crippen LogP contribution in [-0.4, -0.2) is 72.0 Å². The van der Waals surface area contributed by atoms with Crippen molar-refractivity contribution in [1.29, 1.82) is 0 Å². The van der Waals surface area contributed by atoms with E-state index >= 15 is 0 Å². The molecular formula is C22H26BrF3N6O. The molecule has 33 heavy (non-hydrogen) atoms. The van der Waals surface area contributed by atoms with Crippen molar-refractivity contribution in [2.45, 2.75) is 25.9 Å². The number of hydrogen-bond donors (Lipinski definition) is 1. The van der Waals surface area contributed by atoms with Gasteiger partial charge in [0.05, 0.1) is 11.1 Å². The topological polar surface area (TPSA) is 70.2 Å². The molecule has 2 aromatic heterocycles. The van der Waals surface area contributed by atoms with E-state index in [1.54, 1.807) is 18.5 Å². The molecule has 0 saturated carbocycles. The standard InChI is InChI=1S/C22H26BrF3N6O/c1-3-17-19-20(30-29-17)27-13-28-21(19)32-6-4-31(5-7-32)18-9-15(8-16(23)14(18)2)33-12-22(26,10-24)11-25/h8-9,13H,3-7,10-12H2,1-2H3,(H,27,28,29,30). The number of aryl methyl sites for hydroxylation is 1. The van der Waals surface area contributed by atoms with E-state index in [0.29, 0.717) is 5.75 Å². The molecule has 0 radical (unpaired) electrons. The van der Waals surface area contributed by atoms with Crippen LogP contribution < -0.4 is 14.5 Å². The van der Waals surface area contributed by atoms with Crippen molar-refractivity contribution < 1.29 is 17.9 Å². The summed E-state index contributed by atoms with van der Waals surface area (Å²) in [6, 6.07) is 3.48. The van der Waals surface area contributed by atoms with E-state index in [4.69, 9.17) is 4.74 Å². The van der Waals surface area contributed by atoms with Crippen molar-refractivity contribution in [1.82, 2.24) is 20.2 Å². The second-order valence-electron chi connectivity index (χ2n) is 8.17. The highest BCUT2D eigenvalue weighted by molar-refractivity contribution is 9.10. The lowest BCUT2D eigenvalue weighted by Gasteiger charge is -2.37. The summed E-state index contributed by atoms with van der Waals surface area (Å²) in [5, 5.41) is 8.28. The minimum Gasteiger partial charge on any atom is -0.490 e. The van der Waals surface area contributed by atoms with E-state index in [0.717, 1.165) is 70.9 Å². The SMILES string of the molecule is CCc1n[nH]c2ncnc(N3CCN(c4cc(OCC(F)(CF)CF)cc(Br)c4C)CC3)c12. The van der Waals surface area contributed by atoms with Crippen molar-refractivity contribution in [3.05, 3.63) is 34.2 Å². The van der Waals surface area contributed by atoms with Gasteiger partial charge < -0.3 is 14.5 Å². The van der Waals surface area contributed by atoms with E-state index in [-0.39, 0.29) is 0 Å². The predicted molar refractivity (Wildman–Crippen MR) is 126 cm³/mol. The summed E-state index contributed by atoms with van der Waals surface area (Å²) >= 11 is 3.52. The highest BCUT2D eigenvalue weighted by atomic mass is 79.9. The molecule has 4 rings (SSSR count). The number of piperazine rings is 1. The lowest BCUT2D eigenvalue weighted by molar-refractivity contribution is 0.0351. The van der Waals surface area contributed by atoms with Gasteiger partial charge in [-0.1, -0.05) is 22.9 Å². The lowest BCUT2D eigenvalue weighted by atomic mass is 10.1. The largest absolute Gasteiger partial charge is 0.490 e. The van der Waals surface area contributed by atoms with Crippen molar-refractivity contribution in [2.24, 2.45) is 0 Å². The molecule has 0 aliphatic carbocycles. The molecule has 0 unspecified atom stereocenters. The van der Waals surface area contributed by atoms with Crippen LogP contribution in [0, 0.1) is 6.92 Å². The van der Waals surface area contributed by atoms with Gasteiger partial charge in [0.2, 0.25) is 5.67 Å². The van der Waals surface area contributed by atoms with E-state index in [2.05, 4.69) is 45.9 Å². The first-order valence-electron chi connectivity index (χ1n) is 10.8. The molecule has 1 saturated heterocycles. The van der Waals surface area contributed by atoms with Gasteiger partial charge in [-0.25, -0.2) is 23.1 Å². The fourth-order valence-electron chi connectivity index (χ4n) is 3.94. The first kappa shape index (κ1) is 23.6. The van der Waals surface area contributed by atoms with E-state index in [9.17, 15) is 13.2 Å². The first-order chi connectivity index (χ1) is 15.9. The average molecular weight is 527 g/mol. The van der Waals surface area contributed by atoms with Crippen LogP contribution >= 0.6 is 15.9 Å². The van der Waals surface area contributed by atoms with Crippen LogP contribution in [0.3, 0.4) is 0 Å². The van der Waals surface area contributed by atoms with Gasteiger partial charge >= 0.3 is 0 Å². The number of H-pyrrole nitrogens is 1. The molecule has 3 aromatic rings. The molecular weight excluding hydrogens is 501 g/mol. The third-order valence-electron chi connectivity index (χ3n) is 5.93. The van der Waals surface area contributed by atoms with E-state index in [1.165, 1.54) is 0 Å². The van der Waals surface area contributed by atoms with Gasteiger partial charge in [-0.3, -0.25) is 5.10 Å². The highest BCUT2D eigenvalue weighted by Gasteiger charge is 2.32. The molecule has 0 bridgehead atoms. The Morgan fingerprint density at radius 1 is 1.12 bits per heavy atom. The number of hydrogen-bond acceptors (Lipinski definition) is 6. The quantitative estimate of drug-likeness (QED) is 0.470. The van der Waals surface area contributed by atoms with Gasteiger partial charge in [-0.15, -0.1) is 0 Å². The van der Waals surface area contributed by atoms with Crippen LogP contribution in [0.5, 0.6) is 5.75 Å². The van der Waals surface area contributed by atoms with Crippen LogP contribution in [-0.2, 0) is 6.42 Å². The highest BCUT2D eigenvalue weighted by Crippen LogP contribution is 2.34. The third-order valence-corrected chi connectivity index (χ3v) is 6.76. The fraction of sp³-hybridized carbons (Fsp3) is 0.500. The number of alkyl halides is 3. The summed E-state index contributed by atoms with van der Waals surface area (Å²) in [7, 11) is 0. The normalized spacial score (nSPS) is 14.8. The van der Waals surface area contributed by atoms with Gasteiger partial charge in [0, 0.05) is 42.4 Å². The number of nitrogens with one attached hydrogen (secondary N) is 1. The van der Waals surface area contributed by atoms with Gasteiger partial charge in [0.15, 0.2) is 5.65 Å². The molecule has 0 atom stereocenters. The first-order valence-corrected chi connectivity index (χ1v) is 11.6. The monoisotopic (exact) mass is 526 g/mol. The number of nitrogens with zero attached hydrogens (tertiary/aromatic N) is 5. The average Bonchev–Trinajstić information content (AvgIpc) is 3.28. The van der Waals surface area contributed by atoms with Crippen molar-refractivity contribution in [2.75, 3.05) is 55.9 Å².